The van der Waals surface area contributed by atoms with Crippen molar-refractivity contribution in [1.29, 1.82) is 0 Å². The van der Waals surface area contributed by atoms with Crippen LogP contribution in [0.2, 0.25) is 0 Å². The number of ether oxygens (including phenoxy) is 1. The van der Waals surface area contributed by atoms with Gasteiger partial charge in [-0.05, 0) is 38.0 Å². The van der Waals surface area contributed by atoms with E-state index in [0.29, 0.717) is 16.7 Å². The number of benzene rings is 1. The first-order chi connectivity index (χ1) is 13.6. The molecule has 1 amide bonds. The van der Waals surface area contributed by atoms with Gasteiger partial charge in [0.2, 0.25) is 11.0 Å². The Morgan fingerprint density at radius 1 is 1.39 bits per heavy atom. The van der Waals surface area contributed by atoms with Crippen LogP contribution in [0.15, 0.2) is 27.3 Å². The number of hydrogen-bond acceptors (Lipinski definition) is 8. The average molecular weight is 421 g/mol. The van der Waals surface area contributed by atoms with Gasteiger partial charge >= 0.3 is 5.69 Å². The molecule has 0 saturated carbocycles. The SMILES string of the molecule is CC(Sc1nnc(NCC2CCCO2)s1)C(=O)Nc1ccc2[nH]c(=O)[nH]c2c1. The summed E-state index contributed by atoms with van der Waals surface area (Å²) in [5.41, 5.74) is 1.69. The highest BCUT2D eigenvalue weighted by atomic mass is 32.2. The molecule has 4 N–H and O–H groups in total. The Morgan fingerprint density at radius 2 is 2.25 bits per heavy atom. The van der Waals surface area contributed by atoms with Gasteiger partial charge in [-0.3, -0.25) is 4.79 Å². The summed E-state index contributed by atoms with van der Waals surface area (Å²) in [4.78, 5) is 29.2. The van der Waals surface area contributed by atoms with Crippen LogP contribution in [0.4, 0.5) is 10.8 Å². The molecule has 9 nitrogen and oxygen atoms in total. The lowest BCUT2D eigenvalue weighted by Crippen LogP contribution is -2.22. The summed E-state index contributed by atoms with van der Waals surface area (Å²) in [6.45, 7) is 3.36. The molecule has 1 aliphatic rings. The van der Waals surface area contributed by atoms with E-state index in [1.165, 1.54) is 23.1 Å². The molecule has 3 heterocycles. The Labute approximate surface area is 168 Å². The topological polar surface area (TPSA) is 125 Å². The van der Waals surface area contributed by atoms with Crippen molar-refractivity contribution in [1.82, 2.24) is 20.2 Å². The average Bonchev–Trinajstić information content (AvgIpc) is 3.39. The number of imidazole rings is 1. The third-order valence-corrected chi connectivity index (χ3v) is 6.41. The van der Waals surface area contributed by atoms with Crippen molar-refractivity contribution < 1.29 is 9.53 Å². The van der Waals surface area contributed by atoms with Crippen molar-refractivity contribution in [2.75, 3.05) is 23.8 Å². The van der Waals surface area contributed by atoms with E-state index in [-0.39, 0.29) is 23.0 Å². The van der Waals surface area contributed by atoms with Gasteiger partial charge in [0.15, 0.2) is 4.34 Å². The smallest absolute Gasteiger partial charge is 0.323 e. The highest BCUT2D eigenvalue weighted by molar-refractivity contribution is 8.02. The summed E-state index contributed by atoms with van der Waals surface area (Å²) in [5, 5.41) is 14.7. The Hall–Kier alpha value is -2.37. The molecule has 1 aromatic carbocycles. The molecule has 3 aromatic rings. The molecule has 0 bridgehead atoms. The van der Waals surface area contributed by atoms with Gasteiger partial charge in [0.05, 0.1) is 22.4 Å². The second-order valence-electron chi connectivity index (χ2n) is 6.48. The van der Waals surface area contributed by atoms with Gasteiger partial charge in [0.25, 0.3) is 0 Å². The Bertz CT molecular complexity index is 1020. The minimum Gasteiger partial charge on any atom is -0.376 e. The minimum atomic E-state index is -0.347. The number of nitrogens with zero attached hydrogens (tertiary/aromatic N) is 2. The van der Waals surface area contributed by atoms with Crippen molar-refractivity contribution in [3.8, 4) is 0 Å². The summed E-state index contributed by atoms with van der Waals surface area (Å²) in [6, 6.07) is 5.22. The van der Waals surface area contributed by atoms with E-state index in [1.54, 1.807) is 18.2 Å². The van der Waals surface area contributed by atoms with Crippen LogP contribution in [0.3, 0.4) is 0 Å². The summed E-state index contributed by atoms with van der Waals surface area (Å²) >= 11 is 2.78. The van der Waals surface area contributed by atoms with Crippen LogP contribution >= 0.6 is 23.1 Å². The Kier molecular flexibility index (Phi) is 5.64. The number of rotatable bonds is 7. The number of fused-ring (bicyclic) bond motifs is 1. The molecular formula is C17H20N6O3S2. The molecule has 11 heteroatoms. The van der Waals surface area contributed by atoms with Crippen LogP contribution in [0.5, 0.6) is 0 Å². The molecule has 2 atom stereocenters. The zero-order valence-electron chi connectivity index (χ0n) is 15.2. The minimum absolute atomic E-state index is 0.147. The molecule has 1 saturated heterocycles. The molecular weight excluding hydrogens is 400 g/mol. The number of thioether (sulfide) groups is 1. The maximum atomic E-state index is 12.5. The fourth-order valence-electron chi connectivity index (χ4n) is 2.89. The number of carbonyl (C=O) groups excluding carboxylic acids is 1. The molecule has 148 valence electrons. The van der Waals surface area contributed by atoms with Gasteiger partial charge in [0.1, 0.15) is 0 Å². The third kappa shape index (κ3) is 4.54. The van der Waals surface area contributed by atoms with Gasteiger partial charge < -0.3 is 25.3 Å². The van der Waals surface area contributed by atoms with Gasteiger partial charge in [0, 0.05) is 18.8 Å². The molecule has 2 unspecified atom stereocenters. The van der Waals surface area contributed by atoms with E-state index in [0.717, 1.165) is 35.5 Å². The van der Waals surface area contributed by atoms with E-state index in [1.807, 2.05) is 6.92 Å². The van der Waals surface area contributed by atoms with Gasteiger partial charge in [-0.1, -0.05) is 23.1 Å². The van der Waals surface area contributed by atoms with Crippen molar-refractivity contribution in [3.05, 3.63) is 28.7 Å². The second-order valence-corrected chi connectivity index (χ2v) is 9.04. The van der Waals surface area contributed by atoms with Crippen LogP contribution in [-0.4, -0.2) is 50.6 Å². The number of carbonyl (C=O) groups is 1. The first-order valence-electron chi connectivity index (χ1n) is 8.95. The lowest BCUT2D eigenvalue weighted by atomic mass is 10.2. The fourth-order valence-corrected chi connectivity index (χ4v) is 4.80. The standard InChI is InChI=1S/C17H20N6O3S2/c1-9(14(24)19-10-4-5-12-13(7-10)21-15(25)20-12)27-17-23-22-16(28-17)18-8-11-3-2-6-26-11/h4-5,7,9,11H,2-3,6,8H2,1H3,(H,18,22)(H,19,24)(H2,20,21,25). The normalized spacial score (nSPS) is 17.7. The lowest BCUT2D eigenvalue weighted by Gasteiger charge is -2.10. The Balaban J connectivity index is 1.31. The highest BCUT2D eigenvalue weighted by Gasteiger charge is 2.19. The number of H-pyrrole nitrogens is 2. The van der Waals surface area contributed by atoms with E-state index in [2.05, 4.69) is 30.8 Å². The molecule has 0 aliphatic carbocycles. The largest absolute Gasteiger partial charge is 0.376 e. The summed E-state index contributed by atoms with van der Waals surface area (Å²) in [6.07, 6.45) is 2.40. The Morgan fingerprint density at radius 3 is 3.07 bits per heavy atom. The van der Waals surface area contributed by atoms with Crippen LogP contribution in [0.25, 0.3) is 11.0 Å². The molecule has 1 fully saturated rings. The molecule has 1 aliphatic heterocycles. The third-order valence-electron chi connectivity index (χ3n) is 4.34. The number of aromatic amines is 2. The monoisotopic (exact) mass is 420 g/mol. The molecule has 4 rings (SSSR count). The highest BCUT2D eigenvalue weighted by Crippen LogP contribution is 2.30. The predicted octanol–water partition coefficient (Wildman–Crippen LogP) is 2.42. The second kappa shape index (κ2) is 8.33. The van der Waals surface area contributed by atoms with Gasteiger partial charge in [-0.2, -0.15) is 0 Å². The molecule has 28 heavy (non-hydrogen) atoms. The number of hydrogen-bond donors (Lipinski definition) is 4. The summed E-state index contributed by atoms with van der Waals surface area (Å²) in [5.74, 6) is -0.147. The zero-order valence-corrected chi connectivity index (χ0v) is 16.8. The van der Waals surface area contributed by atoms with Crippen LogP contribution in [0.1, 0.15) is 19.8 Å². The van der Waals surface area contributed by atoms with Gasteiger partial charge in [-0.15, -0.1) is 10.2 Å². The zero-order chi connectivity index (χ0) is 19.5. The maximum absolute atomic E-state index is 12.5. The van der Waals surface area contributed by atoms with Crippen molar-refractivity contribution in [3.63, 3.8) is 0 Å². The van der Waals surface area contributed by atoms with Crippen LogP contribution < -0.4 is 16.3 Å². The number of nitrogens with one attached hydrogen (secondary N) is 4. The van der Waals surface area contributed by atoms with E-state index in [4.69, 9.17) is 4.74 Å². The summed E-state index contributed by atoms with van der Waals surface area (Å²) in [7, 11) is 0. The van der Waals surface area contributed by atoms with Crippen LogP contribution in [-0.2, 0) is 9.53 Å². The van der Waals surface area contributed by atoms with E-state index < -0.39 is 0 Å². The van der Waals surface area contributed by atoms with Crippen molar-refractivity contribution in [2.24, 2.45) is 0 Å². The summed E-state index contributed by atoms with van der Waals surface area (Å²) < 4.78 is 6.30. The molecule has 2 aromatic heterocycles. The van der Waals surface area contributed by atoms with E-state index >= 15 is 0 Å². The predicted molar refractivity (Wildman–Crippen MR) is 110 cm³/mol. The first kappa shape index (κ1) is 19.0. The first-order valence-corrected chi connectivity index (χ1v) is 10.6. The number of anilines is 2. The van der Waals surface area contributed by atoms with E-state index in [9.17, 15) is 9.59 Å². The van der Waals surface area contributed by atoms with Crippen molar-refractivity contribution in [2.45, 2.75) is 35.5 Å². The van der Waals surface area contributed by atoms with Gasteiger partial charge in [-0.25, -0.2) is 4.79 Å². The number of amides is 1. The van der Waals surface area contributed by atoms with Crippen molar-refractivity contribution >= 4 is 50.9 Å². The van der Waals surface area contributed by atoms with Crippen LogP contribution in [0, 0.1) is 0 Å². The quantitative estimate of drug-likeness (QED) is 0.433. The lowest BCUT2D eigenvalue weighted by molar-refractivity contribution is -0.115. The molecule has 0 spiro atoms. The fraction of sp³-hybridized carbons (Fsp3) is 0.412. The maximum Gasteiger partial charge on any atom is 0.323 e. The number of aromatic nitrogens is 4. The molecule has 0 radical (unpaired) electrons.